The lowest BCUT2D eigenvalue weighted by atomic mass is 9.88. The van der Waals surface area contributed by atoms with Crippen molar-refractivity contribution in [3.63, 3.8) is 0 Å². The second kappa shape index (κ2) is 10.4. The van der Waals surface area contributed by atoms with E-state index in [9.17, 15) is 14.4 Å². The zero-order chi connectivity index (χ0) is 27.8. The predicted molar refractivity (Wildman–Crippen MR) is 146 cm³/mol. The van der Waals surface area contributed by atoms with Gasteiger partial charge in [-0.2, -0.15) is 0 Å². The number of aromatic nitrogens is 4. The number of ketones is 1. The van der Waals surface area contributed by atoms with Gasteiger partial charge in [-0.15, -0.1) is 0 Å². The molecule has 11 nitrogen and oxygen atoms in total. The fourth-order valence-corrected chi connectivity index (χ4v) is 5.16. The van der Waals surface area contributed by atoms with Crippen LogP contribution < -0.4 is 25.1 Å². The third kappa shape index (κ3) is 4.53. The average molecular weight is 542 g/mol. The number of hydrogen-bond acceptors (Lipinski definition) is 9. The van der Waals surface area contributed by atoms with Crippen LogP contribution in [0.25, 0.3) is 10.9 Å². The van der Waals surface area contributed by atoms with Crippen molar-refractivity contribution in [3.8, 4) is 23.1 Å². The number of amides is 1. The zero-order valence-corrected chi connectivity index (χ0v) is 22.1. The second-order valence-electron chi connectivity index (χ2n) is 9.79. The number of ether oxygens (including phenoxy) is 3. The topological polar surface area (TPSA) is 135 Å². The molecule has 0 bridgehead atoms. The minimum absolute atomic E-state index is 0.0312. The Morgan fingerprint density at radius 1 is 0.975 bits per heavy atom. The number of methoxy groups -OCH3 is 2. The lowest BCUT2D eigenvalue weighted by Crippen LogP contribution is -2.38. The molecule has 3 aromatic heterocycles. The highest BCUT2D eigenvalue weighted by molar-refractivity contribution is 6.06. The Balaban J connectivity index is 1.24. The van der Waals surface area contributed by atoms with E-state index in [1.54, 1.807) is 35.9 Å². The van der Waals surface area contributed by atoms with Crippen molar-refractivity contribution in [1.82, 2.24) is 19.5 Å². The van der Waals surface area contributed by atoms with Crippen LogP contribution in [0.1, 0.15) is 64.6 Å². The molecular formula is C29H27N5O6. The Morgan fingerprint density at radius 2 is 1.77 bits per heavy atom. The summed E-state index contributed by atoms with van der Waals surface area (Å²) < 4.78 is 18.4. The summed E-state index contributed by atoms with van der Waals surface area (Å²) in [5, 5.41) is 3.30. The number of carbonyl (C=O) groups excluding carboxylic acids is 2. The quantitative estimate of drug-likeness (QED) is 0.359. The minimum atomic E-state index is -0.608. The van der Waals surface area contributed by atoms with Crippen LogP contribution in [-0.4, -0.2) is 45.4 Å². The molecule has 0 spiro atoms. The van der Waals surface area contributed by atoms with Gasteiger partial charge in [0.25, 0.3) is 11.5 Å². The summed E-state index contributed by atoms with van der Waals surface area (Å²) >= 11 is 0. The van der Waals surface area contributed by atoms with E-state index in [1.165, 1.54) is 25.7 Å². The molecular weight excluding hydrogens is 514 g/mol. The van der Waals surface area contributed by atoms with Gasteiger partial charge in [0, 0.05) is 29.8 Å². The molecule has 0 unspecified atom stereocenters. The Morgan fingerprint density at radius 3 is 2.48 bits per heavy atom. The largest absolute Gasteiger partial charge is 0.493 e. The third-order valence-electron chi connectivity index (χ3n) is 7.44. The molecule has 1 saturated carbocycles. The number of benzene rings is 1. The van der Waals surface area contributed by atoms with Crippen LogP contribution in [0.3, 0.4) is 0 Å². The summed E-state index contributed by atoms with van der Waals surface area (Å²) in [7, 11) is 3.08. The smallest absolute Gasteiger partial charge is 0.263 e. The molecule has 1 amide bonds. The fourth-order valence-electron chi connectivity index (χ4n) is 5.16. The van der Waals surface area contributed by atoms with Gasteiger partial charge in [0.15, 0.2) is 17.3 Å². The maximum Gasteiger partial charge on any atom is 0.263 e. The summed E-state index contributed by atoms with van der Waals surface area (Å²) in [5.74, 6) is 1.30. The molecule has 11 heteroatoms. The summed E-state index contributed by atoms with van der Waals surface area (Å²) in [6.45, 7) is 0. The number of hydrogen-bond donors (Lipinski definition) is 1. The van der Waals surface area contributed by atoms with Gasteiger partial charge < -0.3 is 24.1 Å². The molecule has 4 aromatic rings. The summed E-state index contributed by atoms with van der Waals surface area (Å²) in [5.41, 5.74) is 1.43. The molecule has 2 aliphatic carbocycles. The number of pyridine rings is 2. The van der Waals surface area contributed by atoms with Crippen LogP contribution in [-0.2, 0) is 6.42 Å². The van der Waals surface area contributed by atoms with Crippen molar-refractivity contribution in [1.29, 1.82) is 0 Å². The molecule has 0 radical (unpaired) electrons. The SMILES string of the molecule is COc1cc2ncnc(Oc3ccc(NC(=O)c4cc5c(n(C6CCC6)c4=O)CCCC5=O)nc3)c2cc1OC. The predicted octanol–water partition coefficient (Wildman–Crippen LogP) is 4.49. The second-order valence-corrected chi connectivity index (χ2v) is 9.79. The Hall–Kier alpha value is -4.80. The van der Waals surface area contributed by atoms with Crippen LogP contribution in [0.5, 0.6) is 23.1 Å². The van der Waals surface area contributed by atoms with Crippen LogP contribution in [0.4, 0.5) is 5.82 Å². The monoisotopic (exact) mass is 541 g/mol. The lowest BCUT2D eigenvalue weighted by molar-refractivity contribution is 0.0968. The van der Waals surface area contributed by atoms with Crippen molar-refractivity contribution < 1.29 is 23.8 Å². The number of Topliss-reactive ketones (excluding diaryl/α,β-unsaturated/α-hetero) is 1. The minimum Gasteiger partial charge on any atom is -0.493 e. The molecule has 0 saturated heterocycles. The highest BCUT2D eigenvalue weighted by Gasteiger charge is 2.31. The van der Waals surface area contributed by atoms with Crippen molar-refractivity contribution in [2.75, 3.05) is 19.5 Å². The molecule has 1 N–H and O–H groups in total. The molecule has 1 fully saturated rings. The fraction of sp³-hybridized carbons (Fsp3) is 0.310. The number of nitrogens with one attached hydrogen (secondary N) is 1. The van der Waals surface area contributed by atoms with Gasteiger partial charge >= 0.3 is 0 Å². The van der Waals surface area contributed by atoms with Crippen molar-refractivity contribution in [2.24, 2.45) is 0 Å². The molecule has 6 rings (SSSR count). The Bertz CT molecular complexity index is 1690. The standard InChI is InChI=1S/C29H27N5O6/c1-38-24-12-18-21(13-25(24)39-2)31-15-32-28(18)40-17-9-10-26(30-14-17)33-27(36)20-11-19-22(7-4-8-23(19)35)34(29(20)37)16-5-3-6-16/h9-16H,3-8H2,1-2H3,(H,30,33,36). The summed E-state index contributed by atoms with van der Waals surface area (Å²) in [6.07, 6.45) is 7.39. The van der Waals surface area contributed by atoms with Crippen LogP contribution in [0, 0.1) is 0 Å². The number of anilines is 1. The number of nitrogens with zero attached hydrogens (tertiary/aromatic N) is 4. The number of fused-ring (bicyclic) bond motifs is 2. The van der Waals surface area contributed by atoms with E-state index in [0.717, 1.165) is 25.0 Å². The molecule has 2 aliphatic rings. The van der Waals surface area contributed by atoms with E-state index in [4.69, 9.17) is 14.2 Å². The first-order valence-corrected chi connectivity index (χ1v) is 13.1. The van der Waals surface area contributed by atoms with Gasteiger partial charge in [0.1, 0.15) is 23.5 Å². The molecule has 0 aliphatic heterocycles. The van der Waals surface area contributed by atoms with Crippen molar-refractivity contribution in [2.45, 2.75) is 44.6 Å². The summed E-state index contributed by atoms with van der Waals surface area (Å²) in [6, 6.07) is 8.13. The normalized spacial score (nSPS) is 14.8. The Labute approximate surface area is 229 Å². The van der Waals surface area contributed by atoms with E-state index >= 15 is 0 Å². The number of rotatable bonds is 7. The van der Waals surface area contributed by atoms with Crippen molar-refractivity contribution >= 4 is 28.4 Å². The number of carbonyl (C=O) groups is 2. The highest BCUT2D eigenvalue weighted by Crippen LogP contribution is 2.36. The Kier molecular flexibility index (Phi) is 6.63. The first-order chi connectivity index (χ1) is 19.5. The average Bonchev–Trinajstić information content (AvgIpc) is 2.94. The van der Waals surface area contributed by atoms with Crippen LogP contribution in [0.2, 0.25) is 0 Å². The van der Waals surface area contributed by atoms with Gasteiger partial charge in [0.05, 0.1) is 31.3 Å². The van der Waals surface area contributed by atoms with Gasteiger partial charge in [-0.25, -0.2) is 15.0 Å². The molecule has 1 aromatic carbocycles. The van der Waals surface area contributed by atoms with Gasteiger partial charge in [-0.05, 0) is 56.4 Å². The third-order valence-corrected chi connectivity index (χ3v) is 7.44. The van der Waals surface area contributed by atoms with E-state index in [2.05, 4.69) is 20.3 Å². The first-order valence-electron chi connectivity index (χ1n) is 13.1. The molecule has 204 valence electrons. The van der Waals surface area contributed by atoms with Crippen LogP contribution in [0.15, 0.2) is 47.7 Å². The highest BCUT2D eigenvalue weighted by atomic mass is 16.5. The van der Waals surface area contributed by atoms with E-state index < -0.39 is 5.91 Å². The van der Waals surface area contributed by atoms with E-state index in [0.29, 0.717) is 58.9 Å². The molecule has 0 atom stereocenters. The van der Waals surface area contributed by atoms with Gasteiger partial charge in [-0.1, -0.05) is 0 Å². The maximum absolute atomic E-state index is 13.4. The zero-order valence-electron chi connectivity index (χ0n) is 22.1. The van der Waals surface area contributed by atoms with E-state index in [-0.39, 0.29) is 28.8 Å². The lowest BCUT2D eigenvalue weighted by Gasteiger charge is -2.32. The molecule has 40 heavy (non-hydrogen) atoms. The summed E-state index contributed by atoms with van der Waals surface area (Å²) in [4.78, 5) is 52.0. The van der Waals surface area contributed by atoms with Gasteiger partial charge in [0.2, 0.25) is 5.88 Å². The first kappa shape index (κ1) is 25.5. The van der Waals surface area contributed by atoms with Gasteiger partial charge in [-0.3, -0.25) is 14.4 Å². The van der Waals surface area contributed by atoms with Crippen molar-refractivity contribution in [3.05, 3.63) is 70.0 Å². The maximum atomic E-state index is 13.4. The van der Waals surface area contributed by atoms with Crippen LogP contribution >= 0.6 is 0 Å². The molecule has 3 heterocycles. The van der Waals surface area contributed by atoms with E-state index in [1.807, 2.05) is 0 Å².